The molecule has 2 amide bonds. The number of hydrogen-bond donors (Lipinski definition) is 1. The lowest BCUT2D eigenvalue weighted by Gasteiger charge is -2.21. The third-order valence-corrected chi connectivity index (χ3v) is 3.86. The van der Waals surface area contributed by atoms with E-state index in [4.69, 9.17) is 5.53 Å². The van der Waals surface area contributed by atoms with Gasteiger partial charge >= 0.3 is 0 Å². The molecule has 2 aliphatic rings. The maximum absolute atomic E-state index is 12.3. The van der Waals surface area contributed by atoms with Gasteiger partial charge in [-0.05, 0) is 30.5 Å². The molecule has 1 saturated carbocycles. The molecule has 20 heavy (non-hydrogen) atoms. The zero-order valence-corrected chi connectivity index (χ0v) is 10.5. The molecule has 0 unspecified atom stereocenters. The number of amides is 2. The molecule has 0 bridgehead atoms. The summed E-state index contributed by atoms with van der Waals surface area (Å²) in [5.74, 6) is -0.686. The molecule has 1 aliphatic carbocycles. The molecule has 0 saturated heterocycles. The Morgan fingerprint density at radius 2 is 1.80 bits per heavy atom. The van der Waals surface area contributed by atoms with Crippen LogP contribution in [0.4, 0.5) is 0 Å². The van der Waals surface area contributed by atoms with Crippen LogP contribution in [0.3, 0.4) is 0 Å². The highest BCUT2D eigenvalue weighted by molar-refractivity contribution is 6.21. The summed E-state index contributed by atoms with van der Waals surface area (Å²) in [5.41, 5.74) is 9.22. The van der Waals surface area contributed by atoms with Gasteiger partial charge in [-0.1, -0.05) is 17.2 Å². The van der Waals surface area contributed by atoms with Crippen molar-refractivity contribution in [1.29, 1.82) is 0 Å². The van der Waals surface area contributed by atoms with Crippen LogP contribution >= 0.6 is 0 Å². The summed E-state index contributed by atoms with van der Waals surface area (Å²) in [4.78, 5) is 28.4. The highest BCUT2D eigenvalue weighted by Gasteiger charge is 2.44. The van der Waals surface area contributed by atoms with E-state index in [9.17, 15) is 14.7 Å². The molecule has 1 aliphatic heterocycles. The number of nitrogens with zero attached hydrogens (tertiary/aromatic N) is 4. The second kappa shape index (κ2) is 4.63. The summed E-state index contributed by atoms with van der Waals surface area (Å²) in [7, 11) is 0. The van der Waals surface area contributed by atoms with Gasteiger partial charge in [0.2, 0.25) is 0 Å². The number of rotatable bonds is 2. The number of aliphatic hydroxyl groups is 1. The number of carbonyl (C=O) groups is 2. The van der Waals surface area contributed by atoms with E-state index in [2.05, 4.69) is 10.0 Å². The summed E-state index contributed by atoms with van der Waals surface area (Å²) < 4.78 is 0. The van der Waals surface area contributed by atoms with Crippen molar-refractivity contribution < 1.29 is 14.7 Å². The zero-order valence-electron chi connectivity index (χ0n) is 10.5. The van der Waals surface area contributed by atoms with Crippen LogP contribution in [0.1, 0.15) is 33.6 Å². The van der Waals surface area contributed by atoms with E-state index in [1.165, 1.54) is 4.90 Å². The number of hydrogen-bond acceptors (Lipinski definition) is 4. The highest BCUT2D eigenvalue weighted by atomic mass is 16.3. The molecular weight excluding hydrogens is 260 g/mol. The predicted octanol–water partition coefficient (Wildman–Crippen LogP) is 1.48. The van der Waals surface area contributed by atoms with Crippen LogP contribution in [0.2, 0.25) is 0 Å². The SMILES string of the molecule is [N-]=[N+]=N[C@H]1C[C@@H](N2C(=O)c3ccccc3C2=O)C[C@@H]1O. The van der Waals surface area contributed by atoms with Crippen molar-refractivity contribution in [3.63, 3.8) is 0 Å². The van der Waals surface area contributed by atoms with Gasteiger partial charge in [-0.25, -0.2) is 0 Å². The molecule has 1 aromatic carbocycles. The third-order valence-electron chi connectivity index (χ3n) is 3.86. The van der Waals surface area contributed by atoms with Crippen molar-refractivity contribution >= 4 is 11.8 Å². The van der Waals surface area contributed by atoms with E-state index in [1.54, 1.807) is 24.3 Å². The van der Waals surface area contributed by atoms with Crippen molar-refractivity contribution in [2.45, 2.75) is 31.0 Å². The molecule has 3 atom stereocenters. The molecule has 3 rings (SSSR count). The van der Waals surface area contributed by atoms with Crippen LogP contribution in [0, 0.1) is 0 Å². The van der Waals surface area contributed by atoms with Crippen LogP contribution in [0.5, 0.6) is 0 Å². The van der Waals surface area contributed by atoms with E-state index in [0.29, 0.717) is 17.5 Å². The van der Waals surface area contributed by atoms with Crippen LogP contribution in [-0.2, 0) is 0 Å². The minimum absolute atomic E-state index is 0.245. The van der Waals surface area contributed by atoms with Gasteiger partial charge in [0.25, 0.3) is 11.8 Å². The quantitative estimate of drug-likeness (QED) is 0.381. The fraction of sp³-hybridized carbons (Fsp3) is 0.385. The Hall–Kier alpha value is -2.37. The first kappa shape index (κ1) is 12.7. The van der Waals surface area contributed by atoms with Crippen LogP contribution < -0.4 is 0 Å². The largest absolute Gasteiger partial charge is 0.393 e. The third kappa shape index (κ3) is 1.76. The summed E-state index contributed by atoms with van der Waals surface area (Å²) >= 11 is 0. The Kier molecular flexibility index (Phi) is 2.93. The van der Waals surface area contributed by atoms with Crippen molar-refractivity contribution in [3.05, 3.63) is 45.8 Å². The van der Waals surface area contributed by atoms with Gasteiger partial charge in [0.05, 0.1) is 23.3 Å². The summed E-state index contributed by atoms with van der Waals surface area (Å²) in [5, 5.41) is 13.3. The molecule has 102 valence electrons. The van der Waals surface area contributed by atoms with Crippen LogP contribution in [0.15, 0.2) is 29.4 Å². The number of azide groups is 1. The summed E-state index contributed by atoms with van der Waals surface area (Å²) in [6.45, 7) is 0. The number of aliphatic hydroxyl groups excluding tert-OH is 1. The van der Waals surface area contributed by atoms with Gasteiger partial charge in [0.1, 0.15) is 0 Å². The van der Waals surface area contributed by atoms with Gasteiger partial charge < -0.3 is 5.11 Å². The molecule has 0 radical (unpaired) electrons. The fourth-order valence-electron chi connectivity index (χ4n) is 2.91. The van der Waals surface area contributed by atoms with Gasteiger partial charge in [0.15, 0.2) is 0 Å². The first-order valence-electron chi connectivity index (χ1n) is 6.32. The Morgan fingerprint density at radius 3 is 2.35 bits per heavy atom. The first-order chi connectivity index (χ1) is 9.63. The molecule has 7 nitrogen and oxygen atoms in total. The molecular formula is C13H12N4O3. The second-order valence-electron chi connectivity index (χ2n) is 4.99. The van der Waals surface area contributed by atoms with Crippen molar-refractivity contribution in [1.82, 2.24) is 4.90 Å². The number of carbonyl (C=O) groups excluding carboxylic acids is 2. The summed E-state index contributed by atoms with van der Waals surface area (Å²) in [6.07, 6.45) is -0.272. The Morgan fingerprint density at radius 1 is 1.20 bits per heavy atom. The van der Waals surface area contributed by atoms with E-state index < -0.39 is 18.2 Å². The van der Waals surface area contributed by atoms with Crippen molar-refractivity contribution in [3.8, 4) is 0 Å². The van der Waals surface area contributed by atoms with Gasteiger partial charge in [-0.2, -0.15) is 0 Å². The van der Waals surface area contributed by atoms with Crippen LogP contribution in [0.25, 0.3) is 10.4 Å². The molecule has 1 fully saturated rings. The first-order valence-corrected chi connectivity index (χ1v) is 6.32. The molecule has 1 N–H and O–H groups in total. The van der Waals surface area contributed by atoms with E-state index in [1.807, 2.05) is 0 Å². The molecule has 1 aromatic rings. The number of fused-ring (bicyclic) bond motifs is 1. The van der Waals surface area contributed by atoms with Gasteiger partial charge in [-0.3, -0.25) is 14.5 Å². The lowest BCUT2D eigenvalue weighted by atomic mass is 10.1. The minimum Gasteiger partial charge on any atom is -0.393 e. The van der Waals surface area contributed by atoms with Crippen molar-refractivity contribution in [2.24, 2.45) is 5.11 Å². The normalized spacial score (nSPS) is 28.4. The molecule has 0 aromatic heterocycles. The Balaban J connectivity index is 1.89. The standard InChI is InChI=1S/C13H12N4O3/c14-16-15-10-5-7(6-11(10)18)17-12(19)8-3-1-2-4-9(8)13(17)20/h1-4,7,10-11,18H,5-6H2/t7-,10+,11+/m1/s1. The average molecular weight is 272 g/mol. The molecule has 7 heteroatoms. The van der Waals surface area contributed by atoms with E-state index in [-0.39, 0.29) is 18.2 Å². The predicted molar refractivity (Wildman–Crippen MR) is 68.9 cm³/mol. The van der Waals surface area contributed by atoms with Crippen molar-refractivity contribution in [2.75, 3.05) is 0 Å². The fourth-order valence-corrected chi connectivity index (χ4v) is 2.91. The van der Waals surface area contributed by atoms with Gasteiger partial charge in [-0.15, -0.1) is 0 Å². The lowest BCUT2D eigenvalue weighted by Crippen LogP contribution is -2.38. The minimum atomic E-state index is -0.819. The Labute approximate surface area is 114 Å². The van der Waals surface area contributed by atoms with Gasteiger partial charge in [0, 0.05) is 11.0 Å². The summed E-state index contributed by atoms with van der Waals surface area (Å²) in [6, 6.07) is 5.64. The highest BCUT2D eigenvalue weighted by Crippen LogP contribution is 2.33. The number of benzene rings is 1. The zero-order chi connectivity index (χ0) is 14.3. The smallest absolute Gasteiger partial charge is 0.261 e. The topological polar surface area (TPSA) is 106 Å². The average Bonchev–Trinajstić information content (AvgIpc) is 2.91. The maximum Gasteiger partial charge on any atom is 0.261 e. The molecule has 1 heterocycles. The maximum atomic E-state index is 12.3. The second-order valence-corrected chi connectivity index (χ2v) is 4.99. The van der Waals surface area contributed by atoms with E-state index >= 15 is 0 Å². The lowest BCUT2D eigenvalue weighted by molar-refractivity contribution is 0.0575. The molecule has 0 spiro atoms. The monoisotopic (exact) mass is 272 g/mol. The van der Waals surface area contributed by atoms with Crippen LogP contribution in [-0.4, -0.2) is 40.0 Å². The number of imide groups is 1. The van der Waals surface area contributed by atoms with E-state index in [0.717, 1.165) is 0 Å². The Bertz CT molecular complexity index is 603.